The zero-order valence-electron chi connectivity index (χ0n) is 11.7. The standard InChI is InChI=1S/C13H15N5O3/c1-8(19)18(2)7-9-4-3-5-10(6-9)15-13(20)11-12(14)17-21-16-11/h3-6H,7H2,1-2H3,(H2,14,17)(H,15,20). The van der Waals surface area contributed by atoms with Crippen LogP contribution in [0.4, 0.5) is 11.5 Å². The lowest BCUT2D eigenvalue weighted by molar-refractivity contribution is -0.128. The number of rotatable bonds is 4. The Morgan fingerprint density at radius 3 is 2.76 bits per heavy atom. The minimum absolute atomic E-state index is 0.0362. The number of nitrogens with two attached hydrogens (primary N) is 1. The van der Waals surface area contributed by atoms with Crippen molar-refractivity contribution in [1.82, 2.24) is 15.2 Å². The second kappa shape index (κ2) is 6.04. The largest absolute Gasteiger partial charge is 0.379 e. The first-order chi connectivity index (χ1) is 9.97. The molecule has 8 heteroatoms. The molecule has 1 aromatic carbocycles. The number of nitrogens with zero attached hydrogens (tertiary/aromatic N) is 3. The summed E-state index contributed by atoms with van der Waals surface area (Å²) in [7, 11) is 1.70. The van der Waals surface area contributed by atoms with E-state index in [2.05, 4.69) is 20.3 Å². The summed E-state index contributed by atoms with van der Waals surface area (Å²) >= 11 is 0. The molecule has 0 fully saturated rings. The van der Waals surface area contributed by atoms with Crippen LogP contribution in [0.1, 0.15) is 23.0 Å². The number of nitrogens with one attached hydrogen (secondary N) is 1. The number of carbonyl (C=O) groups excluding carboxylic acids is 2. The molecule has 0 unspecified atom stereocenters. The molecule has 0 saturated carbocycles. The maximum atomic E-state index is 11.9. The number of benzene rings is 1. The van der Waals surface area contributed by atoms with Gasteiger partial charge in [-0.2, -0.15) is 0 Å². The normalized spacial score (nSPS) is 10.2. The van der Waals surface area contributed by atoms with Crippen molar-refractivity contribution in [3.63, 3.8) is 0 Å². The van der Waals surface area contributed by atoms with Crippen molar-refractivity contribution in [3.05, 3.63) is 35.5 Å². The third-order valence-corrected chi connectivity index (χ3v) is 2.87. The number of anilines is 2. The molecule has 0 atom stereocenters. The molecule has 8 nitrogen and oxygen atoms in total. The number of amides is 2. The highest BCUT2D eigenvalue weighted by Gasteiger charge is 2.16. The molecular formula is C13H15N5O3. The van der Waals surface area contributed by atoms with E-state index in [4.69, 9.17) is 5.73 Å². The molecule has 1 aromatic heterocycles. The van der Waals surface area contributed by atoms with E-state index in [1.807, 2.05) is 6.07 Å². The highest BCUT2D eigenvalue weighted by Crippen LogP contribution is 2.14. The molecule has 21 heavy (non-hydrogen) atoms. The van der Waals surface area contributed by atoms with Crippen LogP contribution in [0.2, 0.25) is 0 Å². The summed E-state index contributed by atoms with van der Waals surface area (Å²) in [6.45, 7) is 1.94. The smallest absolute Gasteiger partial charge is 0.281 e. The minimum atomic E-state index is -0.508. The van der Waals surface area contributed by atoms with E-state index >= 15 is 0 Å². The lowest BCUT2D eigenvalue weighted by Crippen LogP contribution is -2.23. The van der Waals surface area contributed by atoms with Gasteiger partial charge in [0.15, 0.2) is 0 Å². The third-order valence-electron chi connectivity index (χ3n) is 2.87. The second-order valence-corrected chi connectivity index (χ2v) is 4.53. The van der Waals surface area contributed by atoms with Gasteiger partial charge >= 0.3 is 0 Å². The van der Waals surface area contributed by atoms with Gasteiger partial charge in [-0.25, -0.2) is 4.63 Å². The van der Waals surface area contributed by atoms with Gasteiger partial charge in [0.05, 0.1) is 0 Å². The first-order valence-electron chi connectivity index (χ1n) is 6.17. The van der Waals surface area contributed by atoms with Crippen LogP contribution in [0, 0.1) is 0 Å². The summed E-state index contributed by atoms with van der Waals surface area (Å²) in [5, 5.41) is 9.42. The number of hydrogen-bond acceptors (Lipinski definition) is 6. The minimum Gasteiger partial charge on any atom is -0.379 e. The molecule has 0 aliphatic rings. The van der Waals surface area contributed by atoms with Crippen LogP contribution in [0.25, 0.3) is 0 Å². The van der Waals surface area contributed by atoms with Gasteiger partial charge in [0.1, 0.15) is 0 Å². The van der Waals surface area contributed by atoms with Gasteiger partial charge in [0, 0.05) is 26.2 Å². The Kier molecular flexibility index (Phi) is 4.17. The van der Waals surface area contributed by atoms with Crippen LogP contribution in [0.3, 0.4) is 0 Å². The molecular weight excluding hydrogens is 274 g/mol. The summed E-state index contributed by atoms with van der Waals surface area (Å²) in [5.41, 5.74) is 6.84. The van der Waals surface area contributed by atoms with Gasteiger partial charge in [0.2, 0.25) is 17.4 Å². The van der Waals surface area contributed by atoms with Crippen LogP contribution in [0.15, 0.2) is 28.9 Å². The lowest BCUT2D eigenvalue weighted by Gasteiger charge is -2.15. The van der Waals surface area contributed by atoms with E-state index in [-0.39, 0.29) is 17.4 Å². The number of aromatic nitrogens is 2. The zero-order chi connectivity index (χ0) is 15.4. The maximum absolute atomic E-state index is 11.9. The summed E-state index contributed by atoms with van der Waals surface area (Å²) in [5.74, 6) is -0.614. The van der Waals surface area contributed by atoms with E-state index in [0.29, 0.717) is 12.2 Å². The molecule has 110 valence electrons. The number of carbonyl (C=O) groups is 2. The highest BCUT2D eigenvalue weighted by molar-refractivity contribution is 6.05. The summed E-state index contributed by atoms with van der Waals surface area (Å²) < 4.78 is 4.38. The molecule has 0 saturated heterocycles. The van der Waals surface area contributed by atoms with Crippen LogP contribution >= 0.6 is 0 Å². The molecule has 0 aliphatic carbocycles. The molecule has 1 heterocycles. The van der Waals surface area contributed by atoms with Crippen LogP contribution < -0.4 is 11.1 Å². The average Bonchev–Trinajstić information content (AvgIpc) is 2.85. The Morgan fingerprint density at radius 2 is 2.14 bits per heavy atom. The SMILES string of the molecule is CC(=O)N(C)Cc1cccc(NC(=O)c2nonc2N)c1. The number of hydrogen-bond donors (Lipinski definition) is 2. The molecule has 0 spiro atoms. The van der Waals surface area contributed by atoms with Crippen LogP contribution in [-0.2, 0) is 11.3 Å². The van der Waals surface area contributed by atoms with Gasteiger partial charge < -0.3 is 16.0 Å². The maximum Gasteiger partial charge on any atom is 0.281 e. The summed E-state index contributed by atoms with van der Waals surface area (Å²) in [6, 6.07) is 7.13. The van der Waals surface area contributed by atoms with Crippen molar-refractivity contribution in [2.24, 2.45) is 0 Å². The van der Waals surface area contributed by atoms with E-state index in [0.717, 1.165) is 5.56 Å². The average molecular weight is 289 g/mol. The van der Waals surface area contributed by atoms with Crippen molar-refractivity contribution in [2.45, 2.75) is 13.5 Å². The van der Waals surface area contributed by atoms with E-state index in [9.17, 15) is 9.59 Å². The van der Waals surface area contributed by atoms with Gasteiger partial charge in [-0.15, -0.1) is 0 Å². The van der Waals surface area contributed by atoms with Crippen molar-refractivity contribution >= 4 is 23.3 Å². The Bertz CT molecular complexity index is 667. The summed E-state index contributed by atoms with van der Waals surface area (Å²) in [6.07, 6.45) is 0. The topological polar surface area (TPSA) is 114 Å². The Hall–Kier alpha value is -2.90. The molecule has 2 aromatic rings. The van der Waals surface area contributed by atoms with E-state index < -0.39 is 5.91 Å². The van der Waals surface area contributed by atoms with Crippen LogP contribution in [0.5, 0.6) is 0 Å². The second-order valence-electron chi connectivity index (χ2n) is 4.53. The van der Waals surface area contributed by atoms with Gasteiger partial charge in [-0.3, -0.25) is 9.59 Å². The van der Waals surface area contributed by atoms with E-state index in [1.165, 1.54) is 6.92 Å². The lowest BCUT2D eigenvalue weighted by atomic mass is 10.2. The van der Waals surface area contributed by atoms with E-state index in [1.54, 1.807) is 30.1 Å². The molecule has 0 aliphatic heterocycles. The van der Waals surface area contributed by atoms with Crippen molar-refractivity contribution < 1.29 is 14.2 Å². The van der Waals surface area contributed by atoms with Crippen molar-refractivity contribution in [1.29, 1.82) is 0 Å². The fourth-order valence-corrected chi connectivity index (χ4v) is 1.68. The summed E-state index contributed by atoms with van der Waals surface area (Å²) in [4.78, 5) is 24.7. The third kappa shape index (κ3) is 3.56. The van der Waals surface area contributed by atoms with Crippen molar-refractivity contribution in [2.75, 3.05) is 18.1 Å². The molecule has 2 amide bonds. The first-order valence-corrected chi connectivity index (χ1v) is 6.17. The van der Waals surface area contributed by atoms with Crippen molar-refractivity contribution in [3.8, 4) is 0 Å². The molecule has 0 radical (unpaired) electrons. The quantitative estimate of drug-likeness (QED) is 0.863. The first kappa shape index (κ1) is 14.5. The highest BCUT2D eigenvalue weighted by atomic mass is 16.6. The van der Waals surface area contributed by atoms with Gasteiger partial charge in [-0.05, 0) is 28.0 Å². The van der Waals surface area contributed by atoms with Crippen LogP contribution in [-0.4, -0.2) is 34.1 Å². The zero-order valence-corrected chi connectivity index (χ0v) is 11.7. The Morgan fingerprint density at radius 1 is 1.38 bits per heavy atom. The molecule has 2 rings (SSSR count). The predicted octanol–water partition coefficient (Wildman–Crippen LogP) is 0.882. The van der Waals surface area contributed by atoms with Gasteiger partial charge in [0.25, 0.3) is 5.91 Å². The Labute approximate surface area is 120 Å². The fourth-order valence-electron chi connectivity index (χ4n) is 1.68. The van der Waals surface area contributed by atoms with Gasteiger partial charge in [-0.1, -0.05) is 12.1 Å². The number of nitrogen functional groups attached to an aromatic ring is 1. The molecule has 0 bridgehead atoms. The Balaban J connectivity index is 2.09. The molecule has 3 N–H and O–H groups in total. The monoisotopic (exact) mass is 289 g/mol. The predicted molar refractivity (Wildman–Crippen MR) is 75.3 cm³/mol. The fraction of sp³-hybridized carbons (Fsp3) is 0.231.